The largest absolute Gasteiger partial charge is 0.379 e. The van der Waals surface area contributed by atoms with Crippen LogP contribution < -0.4 is 4.72 Å². The average molecular weight is 373 g/mol. The predicted molar refractivity (Wildman–Crippen MR) is 96.0 cm³/mol. The Kier molecular flexibility index (Phi) is 7.77. The Morgan fingerprint density at radius 1 is 1.28 bits per heavy atom. The molecule has 1 aliphatic rings. The molecule has 0 aliphatic carbocycles. The van der Waals surface area contributed by atoms with Crippen molar-refractivity contribution in [3.63, 3.8) is 0 Å². The third kappa shape index (κ3) is 6.00. The summed E-state index contributed by atoms with van der Waals surface area (Å²) in [5.41, 5.74) is 0.891. The molecule has 0 radical (unpaired) electrons. The van der Waals surface area contributed by atoms with Crippen molar-refractivity contribution in [1.29, 1.82) is 0 Å². The highest BCUT2D eigenvalue weighted by atomic mass is 32.2. The summed E-state index contributed by atoms with van der Waals surface area (Å²) < 4.78 is 47.5. The summed E-state index contributed by atoms with van der Waals surface area (Å²) >= 11 is 0. The minimum Gasteiger partial charge on any atom is -0.379 e. The van der Waals surface area contributed by atoms with Crippen LogP contribution in [-0.4, -0.2) is 64.1 Å². The van der Waals surface area contributed by atoms with E-state index in [1.165, 1.54) is 16.4 Å². The van der Waals surface area contributed by atoms with Gasteiger partial charge in [0.15, 0.2) is 0 Å². The van der Waals surface area contributed by atoms with E-state index in [2.05, 4.69) is 9.62 Å². The molecule has 0 amide bonds. The number of hydrogen-bond donors (Lipinski definition) is 1. The van der Waals surface area contributed by atoms with E-state index in [0.717, 1.165) is 31.5 Å². The van der Waals surface area contributed by atoms with Crippen molar-refractivity contribution in [1.82, 2.24) is 13.9 Å². The first-order chi connectivity index (χ1) is 11.9. The summed E-state index contributed by atoms with van der Waals surface area (Å²) in [6.45, 7) is 5.42. The Balaban J connectivity index is 2.09. The van der Waals surface area contributed by atoms with Gasteiger partial charge in [0.2, 0.25) is 0 Å². The average Bonchev–Trinajstić information content (AvgIpc) is 2.62. The van der Waals surface area contributed by atoms with Crippen molar-refractivity contribution in [3.05, 3.63) is 35.6 Å². The summed E-state index contributed by atoms with van der Waals surface area (Å²) in [5.74, 6) is -0.302. The van der Waals surface area contributed by atoms with Gasteiger partial charge in [0.25, 0.3) is 10.2 Å². The van der Waals surface area contributed by atoms with Crippen LogP contribution in [0.1, 0.15) is 31.4 Å². The van der Waals surface area contributed by atoms with E-state index in [1.807, 2.05) is 6.92 Å². The van der Waals surface area contributed by atoms with Gasteiger partial charge in [-0.3, -0.25) is 4.90 Å². The van der Waals surface area contributed by atoms with Gasteiger partial charge in [-0.25, -0.2) is 9.11 Å². The summed E-state index contributed by atoms with van der Waals surface area (Å²) in [4.78, 5) is 2.17. The first-order valence-electron chi connectivity index (χ1n) is 8.72. The third-order valence-electron chi connectivity index (χ3n) is 4.44. The lowest BCUT2D eigenvalue weighted by Gasteiger charge is -2.35. The lowest BCUT2D eigenvalue weighted by molar-refractivity contribution is 0.0171. The fourth-order valence-electron chi connectivity index (χ4n) is 2.83. The quantitative estimate of drug-likeness (QED) is 0.717. The number of hydrogen-bond acceptors (Lipinski definition) is 4. The Labute approximate surface area is 150 Å². The topological polar surface area (TPSA) is 61.9 Å². The van der Waals surface area contributed by atoms with Crippen LogP contribution in [0.25, 0.3) is 0 Å². The maximum atomic E-state index is 13.2. The van der Waals surface area contributed by atoms with E-state index in [-0.39, 0.29) is 18.4 Å². The van der Waals surface area contributed by atoms with Crippen LogP contribution in [0, 0.1) is 5.82 Å². The van der Waals surface area contributed by atoms with Crippen LogP contribution in [-0.2, 0) is 14.9 Å². The molecule has 1 saturated heterocycles. The van der Waals surface area contributed by atoms with E-state index in [1.54, 1.807) is 19.2 Å². The number of rotatable bonds is 9. The molecule has 1 N–H and O–H groups in total. The molecule has 1 aromatic rings. The number of morpholine rings is 1. The molecular weight excluding hydrogens is 345 g/mol. The Morgan fingerprint density at radius 2 is 1.92 bits per heavy atom. The zero-order valence-electron chi connectivity index (χ0n) is 14.9. The van der Waals surface area contributed by atoms with Gasteiger partial charge in [0.05, 0.1) is 13.2 Å². The molecule has 0 spiro atoms. The van der Waals surface area contributed by atoms with Gasteiger partial charge < -0.3 is 4.74 Å². The van der Waals surface area contributed by atoms with Gasteiger partial charge in [-0.2, -0.15) is 12.7 Å². The molecule has 6 nitrogen and oxygen atoms in total. The second-order valence-electron chi connectivity index (χ2n) is 6.24. The maximum Gasteiger partial charge on any atom is 0.279 e. The lowest BCUT2D eigenvalue weighted by atomic mass is 10.0. The monoisotopic (exact) mass is 373 g/mol. The number of halogens is 1. The van der Waals surface area contributed by atoms with Crippen LogP contribution in [0.4, 0.5) is 4.39 Å². The molecule has 1 fully saturated rings. The number of ether oxygens (including phenoxy) is 1. The number of benzene rings is 1. The predicted octanol–water partition coefficient (Wildman–Crippen LogP) is 1.77. The van der Waals surface area contributed by atoms with Gasteiger partial charge in [-0.05, 0) is 24.1 Å². The molecular formula is C17H28FN3O3S. The van der Waals surface area contributed by atoms with Crippen molar-refractivity contribution in [2.75, 3.05) is 46.4 Å². The molecule has 1 unspecified atom stereocenters. The van der Waals surface area contributed by atoms with E-state index in [9.17, 15) is 12.8 Å². The van der Waals surface area contributed by atoms with E-state index >= 15 is 0 Å². The SMILES string of the molecule is CCCCN(C)S(=O)(=O)NCC(c1ccc(F)cc1)N1CCOCC1. The second-order valence-corrected chi connectivity index (χ2v) is 8.11. The maximum absolute atomic E-state index is 13.2. The van der Waals surface area contributed by atoms with Crippen molar-refractivity contribution >= 4 is 10.2 Å². The fourth-order valence-corrected chi connectivity index (χ4v) is 3.79. The van der Waals surface area contributed by atoms with Crippen molar-refractivity contribution in [3.8, 4) is 0 Å². The van der Waals surface area contributed by atoms with Crippen molar-refractivity contribution in [2.45, 2.75) is 25.8 Å². The van der Waals surface area contributed by atoms with Gasteiger partial charge in [0, 0.05) is 39.3 Å². The van der Waals surface area contributed by atoms with Crippen LogP contribution in [0.15, 0.2) is 24.3 Å². The van der Waals surface area contributed by atoms with Crippen LogP contribution in [0.5, 0.6) is 0 Å². The van der Waals surface area contributed by atoms with Crippen molar-refractivity contribution in [2.24, 2.45) is 0 Å². The van der Waals surface area contributed by atoms with E-state index in [0.29, 0.717) is 19.8 Å². The Hall–Kier alpha value is -1.06. The first kappa shape index (κ1) is 20.3. The fraction of sp³-hybridized carbons (Fsp3) is 0.647. The zero-order valence-corrected chi connectivity index (χ0v) is 15.8. The number of unbranched alkanes of at least 4 members (excludes halogenated alkanes) is 1. The highest BCUT2D eigenvalue weighted by molar-refractivity contribution is 7.87. The molecule has 1 heterocycles. The molecule has 1 aliphatic heterocycles. The van der Waals surface area contributed by atoms with Gasteiger partial charge in [-0.1, -0.05) is 25.5 Å². The number of nitrogens with one attached hydrogen (secondary N) is 1. The minimum atomic E-state index is -3.53. The highest BCUT2D eigenvalue weighted by Crippen LogP contribution is 2.22. The second kappa shape index (κ2) is 9.59. The molecule has 1 atom stereocenters. The summed E-state index contributed by atoms with van der Waals surface area (Å²) in [6.07, 6.45) is 1.76. The van der Waals surface area contributed by atoms with Crippen molar-refractivity contribution < 1.29 is 17.5 Å². The molecule has 0 bridgehead atoms. The zero-order chi connectivity index (χ0) is 18.3. The summed E-state index contributed by atoms with van der Waals surface area (Å²) in [6, 6.07) is 6.09. The number of nitrogens with zero attached hydrogens (tertiary/aromatic N) is 2. The summed E-state index contributed by atoms with van der Waals surface area (Å²) in [7, 11) is -1.95. The summed E-state index contributed by atoms with van der Waals surface area (Å²) in [5, 5.41) is 0. The lowest BCUT2D eigenvalue weighted by Crippen LogP contribution is -2.46. The van der Waals surface area contributed by atoms with Gasteiger partial charge >= 0.3 is 0 Å². The molecule has 142 valence electrons. The Bertz CT molecular complexity index is 619. The smallest absolute Gasteiger partial charge is 0.279 e. The third-order valence-corrected chi connectivity index (χ3v) is 5.97. The molecule has 8 heteroatoms. The van der Waals surface area contributed by atoms with Crippen LogP contribution in [0.3, 0.4) is 0 Å². The van der Waals surface area contributed by atoms with Gasteiger partial charge in [-0.15, -0.1) is 0 Å². The Morgan fingerprint density at radius 3 is 2.52 bits per heavy atom. The first-order valence-corrected chi connectivity index (χ1v) is 10.2. The highest BCUT2D eigenvalue weighted by Gasteiger charge is 2.25. The molecule has 0 saturated carbocycles. The molecule has 25 heavy (non-hydrogen) atoms. The van der Waals surface area contributed by atoms with E-state index in [4.69, 9.17) is 4.74 Å². The van der Waals surface area contributed by atoms with E-state index < -0.39 is 10.2 Å². The molecule has 2 rings (SSSR count). The van der Waals surface area contributed by atoms with Gasteiger partial charge in [0.1, 0.15) is 5.82 Å². The molecule has 0 aromatic heterocycles. The standard InChI is InChI=1S/C17H28FN3O3S/c1-3-4-9-20(2)25(22,23)19-14-17(21-10-12-24-13-11-21)15-5-7-16(18)8-6-15/h5-8,17,19H,3-4,9-14H2,1-2H3. The minimum absolute atomic E-state index is 0.154. The van der Waals surface area contributed by atoms with Crippen LogP contribution >= 0.6 is 0 Å². The van der Waals surface area contributed by atoms with Crippen LogP contribution in [0.2, 0.25) is 0 Å². The molecule has 1 aromatic carbocycles. The normalized spacial score (nSPS) is 17.8.